The summed E-state index contributed by atoms with van der Waals surface area (Å²) in [5.74, 6) is 1.43. The van der Waals surface area contributed by atoms with Crippen LogP contribution in [-0.4, -0.2) is 27.2 Å². The smallest absolute Gasteiger partial charge is 0.244 e. The van der Waals surface area contributed by atoms with Crippen molar-refractivity contribution in [2.24, 2.45) is 0 Å². The molecule has 2 rings (SSSR count). The highest BCUT2D eigenvalue weighted by Gasteiger charge is 2.12. The zero-order valence-electron chi connectivity index (χ0n) is 14.0. The van der Waals surface area contributed by atoms with E-state index in [9.17, 15) is 4.79 Å². The van der Waals surface area contributed by atoms with E-state index >= 15 is 0 Å². The highest BCUT2D eigenvalue weighted by molar-refractivity contribution is 5.91. The minimum absolute atomic E-state index is 0.174. The Morgan fingerprint density at radius 2 is 1.62 bits per heavy atom. The summed E-state index contributed by atoms with van der Waals surface area (Å²) >= 11 is 0. The lowest BCUT2D eigenvalue weighted by Crippen LogP contribution is -2.20. The lowest BCUT2D eigenvalue weighted by molar-refractivity contribution is -0.116. The molecule has 0 aliphatic rings. The molecule has 0 spiro atoms. The summed E-state index contributed by atoms with van der Waals surface area (Å²) in [4.78, 5) is 11.9. The van der Waals surface area contributed by atoms with Gasteiger partial charge in [-0.3, -0.25) is 4.79 Å². The average molecular weight is 327 g/mol. The fraction of sp³-hybridized carbons (Fsp3) is 0.211. The van der Waals surface area contributed by atoms with Gasteiger partial charge >= 0.3 is 0 Å². The first kappa shape index (κ1) is 17.4. The van der Waals surface area contributed by atoms with Gasteiger partial charge in [0, 0.05) is 12.6 Å². The van der Waals surface area contributed by atoms with Crippen LogP contribution < -0.4 is 19.5 Å². The van der Waals surface area contributed by atoms with E-state index in [0.717, 1.165) is 11.1 Å². The summed E-state index contributed by atoms with van der Waals surface area (Å²) in [6.45, 7) is 0.485. The zero-order chi connectivity index (χ0) is 17.4. The Hall–Kier alpha value is -2.95. The number of hydrogen-bond acceptors (Lipinski definition) is 4. The Balaban J connectivity index is 2.06. The van der Waals surface area contributed by atoms with Crippen molar-refractivity contribution in [3.63, 3.8) is 0 Å². The molecule has 0 heterocycles. The van der Waals surface area contributed by atoms with E-state index in [1.807, 2.05) is 30.3 Å². The normalized spacial score (nSPS) is 10.5. The summed E-state index contributed by atoms with van der Waals surface area (Å²) in [5, 5.41) is 2.84. The van der Waals surface area contributed by atoms with Crippen molar-refractivity contribution in [3.05, 3.63) is 59.7 Å². The van der Waals surface area contributed by atoms with Crippen molar-refractivity contribution < 1.29 is 19.0 Å². The van der Waals surface area contributed by atoms with Gasteiger partial charge in [-0.25, -0.2) is 0 Å². The van der Waals surface area contributed by atoms with Crippen molar-refractivity contribution in [2.45, 2.75) is 6.54 Å². The molecule has 1 N–H and O–H groups in total. The number of methoxy groups -OCH3 is 3. The summed E-state index contributed by atoms with van der Waals surface area (Å²) in [6.07, 6.45) is 3.18. The molecule has 2 aromatic rings. The van der Waals surface area contributed by atoms with Gasteiger partial charge in [-0.15, -0.1) is 0 Å². The van der Waals surface area contributed by atoms with E-state index in [1.165, 1.54) is 6.08 Å². The van der Waals surface area contributed by atoms with Gasteiger partial charge in [-0.05, 0) is 29.3 Å². The van der Waals surface area contributed by atoms with Crippen LogP contribution in [-0.2, 0) is 11.3 Å². The molecule has 0 saturated carbocycles. The Morgan fingerprint density at radius 1 is 1.00 bits per heavy atom. The maximum Gasteiger partial charge on any atom is 0.244 e. The number of rotatable bonds is 7. The lowest BCUT2D eigenvalue weighted by atomic mass is 10.1. The second-order valence-corrected chi connectivity index (χ2v) is 5.00. The predicted octanol–water partition coefficient (Wildman–Crippen LogP) is 3.04. The molecule has 0 aromatic heterocycles. The molecule has 2 aromatic carbocycles. The van der Waals surface area contributed by atoms with Crippen LogP contribution in [0, 0.1) is 0 Å². The first-order valence-electron chi connectivity index (χ1n) is 7.47. The van der Waals surface area contributed by atoms with Crippen LogP contribution >= 0.6 is 0 Å². The number of amides is 1. The van der Waals surface area contributed by atoms with Crippen LogP contribution in [0.25, 0.3) is 6.08 Å². The number of carbonyl (C=O) groups is 1. The fourth-order valence-corrected chi connectivity index (χ4v) is 2.21. The molecule has 0 atom stereocenters. The number of benzene rings is 2. The van der Waals surface area contributed by atoms with Gasteiger partial charge in [0.25, 0.3) is 0 Å². The molecule has 5 heteroatoms. The van der Waals surface area contributed by atoms with Crippen LogP contribution in [0.1, 0.15) is 11.1 Å². The first-order valence-corrected chi connectivity index (χ1v) is 7.47. The second-order valence-electron chi connectivity index (χ2n) is 5.00. The maximum atomic E-state index is 11.9. The van der Waals surface area contributed by atoms with Gasteiger partial charge < -0.3 is 19.5 Å². The zero-order valence-corrected chi connectivity index (χ0v) is 14.0. The quantitative estimate of drug-likeness (QED) is 0.794. The van der Waals surface area contributed by atoms with Crippen LogP contribution in [0.3, 0.4) is 0 Å². The van der Waals surface area contributed by atoms with Crippen LogP contribution in [0.15, 0.2) is 48.5 Å². The maximum absolute atomic E-state index is 11.9. The number of nitrogens with one attached hydrogen (secondary N) is 1. The second kappa shape index (κ2) is 8.62. The molecule has 0 saturated heterocycles. The highest BCUT2D eigenvalue weighted by Crippen LogP contribution is 2.38. The molecule has 126 valence electrons. The SMILES string of the molecule is COc1cc(/C=C/C(=O)NCc2ccccc2)cc(OC)c1OC. The van der Waals surface area contributed by atoms with Gasteiger partial charge in [0.2, 0.25) is 11.7 Å². The van der Waals surface area contributed by atoms with Crippen molar-refractivity contribution in [1.29, 1.82) is 0 Å². The fourth-order valence-electron chi connectivity index (χ4n) is 2.21. The van der Waals surface area contributed by atoms with E-state index in [1.54, 1.807) is 39.5 Å². The van der Waals surface area contributed by atoms with Crippen molar-refractivity contribution in [3.8, 4) is 17.2 Å². The molecule has 0 bridgehead atoms. The molecule has 0 aliphatic carbocycles. The molecular formula is C19H21NO4. The Kier molecular flexibility index (Phi) is 6.25. The van der Waals surface area contributed by atoms with Crippen LogP contribution in [0.2, 0.25) is 0 Å². The summed E-state index contributed by atoms with van der Waals surface area (Å²) in [6, 6.07) is 13.3. The standard InChI is InChI=1S/C19H21NO4/c1-22-16-11-15(12-17(23-2)19(16)24-3)9-10-18(21)20-13-14-7-5-4-6-8-14/h4-12H,13H2,1-3H3,(H,20,21)/b10-9+. The summed E-state index contributed by atoms with van der Waals surface area (Å²) in [5.41, 5.74) is 1.83. The molecule has 0 radical (unpaired) electrons. The molecule has 5 nitrogen and oxygen atoms in total. The average Bonchev–Trinajstić information content (AvgIpc) is 2.64. The van der Waals surface area contributed by atoms with Crippen molar-refractivity contribution >= 4 is 12.0 Å². The Morgan fingerprint density at radius 3 is 2.17 bits per heavy atom. The van der Waals surface area contributed by atoms with E-state index in [-0.39, 0.29) is 5.91 Å². The monoisotopic (exact) mass is 327 g/mol. The topological polar surface area (TPSA) is 56.8 Å². The third kappa shape index (κ3) is 4.52. The number of hydrogen-bond donors (Lipinski definition) is 1. The van der Waals surface area contributed by atoms with Crippen molar-refractivity contribution in [1.82, 2.24) is 5.32 Å². The lowest BCUT2D eigenvalue weighted by Gasteiger charge is -2.12. The number of ether oxygens (including phenoxy) is 3. The molecule has 0 aliphatic heterocycles. The van der Waals surface area contributed by atoms with Gasteiger partial charge in [0.15, 0.2) is 11.5 Å². The predicted molar refractivity (Wildman–Crippen MR) is 93.4 cm³/mol. The van der Waals surface area contributed by atoms with Crippen LogP contribution in [0.4, 0.5) is 0 Å². The van der Waals surface area contributed by atoms with E-state index in [0.29, 0.717) is 23.8 Å². The van der Waals surface area contributed by atoms with Gasteiger partial charge in [-0.1, -0.05) is 30.3 Å². The Bertz CT molecular complexity index is 686. The minimum atomic E-state index is -0.174. The van der Waals surface area contributed by atoms with Gasteiger partial charge in [-0.2, -0.15) is 0 Å². The molecule has 24 heavy (non-hydrogen) atoms. The van der Waals surface area contributed by atoms with E-state index in [2.05, 4.69) is 5.32 Å². The Labute approximate surface area is 141 Å². The first-order chi connectivity index (χ1) is 11.7. The largest absolute Gasteiger partial charge is 0.493 e. The molecule has 1 amide bonds. The van der Waals surface area contributed by atoms with Gasteiger partial charge in [0.1, 0.15) is 0 Å². The third-order valence-electron chi connectivity index (χ3n) is 3.42. The summed E-state index contributed by atoms with van der Waals surface area (Å²) < 4.78 is 15.9. The number of carbonyl (C=O) groups excluding carboxylic acids is 1. The van der Waals surface area contributed by atoms with Crippen LogP contribution in [0.5, 0.6) is 17.2 Å². The van der Waals surface area contributed by atoms with E-state index < -0.39 is 0 Å². The molecule has 0 unspecified atom stereocenters. The van der Waals surface area contributed by atoms with E-state index in [4.69, 9.17) is 14.2 Å². The molecular weight excluding hydrogens is 306 g/mol. The molecule has 0 fully saturated rings. The van der Waals surface area contributed by atoms with Gasteiger partial charge in [0.05, 0.1) is 21.3 Å². The highest BCUT2D eigenvalue weighted by atomic mass is 16.5. The van der Waals surface area contributed by atoms with Crippen molar-refractivity contribution in [2.75, 3.05) is 21.3 Å². The summed E-state index contributed by atoms with van der Waals surface area (Å²) in [7, 11) is 4.65. The third-order valence-corrected chi connectivity index (χ3v) is 3.42. The minimum Gasteiger partial charge on any atom is -0.493 e.